The second kappa shape index (κ2) is 6.05. The molecule has 1 aliphatic heterocycles. The van der Waals surface area contributed by atoms with Crippen LogP contribution >= 0.6 is 0 Å². The lowest BCUT2D eigenvalue weighted by Crippen LogP contribution is -2.22. The Kier molecular flexibility index (Phi) is 3.97. The van der Waals surface area contributed by atoms with Crippen molar-refractivity contribution in [1.82, 2.24) is 10.2 Å². The Morgan fingerprint density at radius 1 is 1.30 bits per heavy atom. The molecule has 2 aromatic rings. The van der Waals surface area contributed by atoms with Crippen LogP contribution in [0.5, 0.6) is 0 Å². The lowest BCUT2D eigenvalue weighted by Gasteiger charge is -2.23. The standard InChI is InChI=1S/C15H19N3O2/c1-11-2-3-13(15-18-17-10-20-15)8-14(11)16-9-12-4-6-19-7-5-12/h2-3,8,10,12,16H,4-7,9H2,1H3. The fraction of sp³-hybridized carbons (Fsp3) is 0.467. The zero-order valence-corrected chi connectivity index (χ0v) is 11.6. The van der Waals surface area contributed by atoms with Crippen LogP contribution in [0.25, 0.3) is 11.5 Å². The molecule has 106 valence electrons. The van der Waals surface area contributed by atoms with Crippen molar-refractivity contribution >= 4 is 5.69 Å². The van der Waals surface area contributed by atoms with Gasteiger partial charge in [0.25, 0.3) is 0 Å². The van der Waals surface area contributed by atoms with Gasteiger partial charge in [0.05, 0.1) is 0 Å². The van der Waals surface area contributed by atoms with E-state index in [4.69, 9.17) is 9.15 Å². The summed E-state index contributed by atoms with van der Waals surface area (Å²) in [6.45, 7) is 4.85. The van der Waals surface area contributed by atoms with Gasteiger partial charge in [0.15, 0.2) is 0 Å². The molecule has 0 spiro atoms. The maximum absolute atomic E-state index is 5.39. The highest BCUT2D eigenvalue weighted by Gasteiger charge is 2.14. The molecular weight excluding hydrogens is 254 g/mol. The molecule has 5 heteroatoms. The van der Waals surface area contributed by atoms with E-state index in [9.17, 15) is 0 Å². The summed E-state index contributed by atoms with van der Waals surface area (Å²) in [5.74, 6) is 1.24. The van der Waals surface area contributed by atoms with E-state index in [1.54, 1.807) is 0 Å². The van der Waals surface area contributed by atoms with Crippen molar-refractivity contribution in [3.05, 3.63) is 30.2 Å². The summed E-state index contributed by atoms with van der Waals surface area (Å²) in [5, 5.41) is 11.2. The van der Waals surface area contributed by atoms with E-state index in [0.29, 0.717) is 11.8 Å². The third-order valence-electron chi connectivity index (χ3n) is 3.77. The first-order chi connectivity index (χ1) is 9.83. The van der Waals surface area contributed by atoms with Gasteiger partial charge in [0, 0.05) is 31.0 Å². The van der Waals surface area contributed by atoms with Crippen LogP contribution in [0.2, 0.25) is 0 Å². The summed E-state index contributed by atoms with van der Waals surface area (Å²) in [4.78, 5) is 0. The largest absolute Gasteiger partial charge is 0.423 e. The van der Waals surface area contributed by atoms with Crippen LogP contribution in [0.4, 0.5) is 5.69 Å². The smallest absolute Gasteiger partial charge is 0.247 e. The number of rotatable bonds is 4. The van der Waals surface area contributed by atoms with Crippen molar-refractivity contribution in [2.45, 2.75) is 19.8 Å². The first-order valence-corrected chi connectivity index (χ1v) is 7.02. The summed E-state index contributed by atoms with van der Waals surface area (Å²) in [5.41, 5.74) is 3.30. The molecule has 0 amide bonds. The van der Waals surface area contributed by atoms with Crippen molar-refractivity contribution in [3.63, 3.8) is 0 Å². The Labute approximate surface area is 118 Å². The van der Waals surface area contributed by atoms with Crippen molar-refractivity contribution < 1.29 is 9.15 Å². The maximum atomic E-state index is 5.39. The van der Waals surface area contributed by atoms with Crippen molar-refractivity contribution in [2.75, 3.05) is 25.1 Å². The average Bonchev–Trinajstić information content (AvgIpc) is 3.02. The van der Waals surface area contributed by atoms with E-state index in [-0.39, 0.29) is 0 Å². The summed E-state index contributed by atoms with van der Waals surface area (Å²) >= 11 is 0. The van der Waals surface area contributed by atoms with Crippen LogP contribution in [0.3, 0.4) is 0 Å². The molecule has 0 atom stereocenters. The zero-order chi connectivity index (χ0) is 13.8. The lowest BCUT2D eigenvalue weighted by molar-refractivity contribution is 0.0699. The highest BCUT2D eigenvalue weighted by molar-refractivity contribution is 5.64. The molecule has 5 nitrogen and oxygen atoms in total. The van der Waals surface area contributed by atoms with Gasteiger partial charge in [-0.2, -0.15) is 0 Å². The maximum Gasteiger partial charge on any atom is 0.247 e. The summed E-state index contributed by atoms with van der Waals surface area (Å²) in [7, 11) is 0. The normalized spacial score (nSPS) is 16.2. The molecule has 0 bridgehead atoms. The van der Waals surface area contributed by atoms with E-state index in [1.165, 1.54) is 12.0 Å². The van der Waals surface area contributed by atoms with Crippen LogP contribution < -0.4 is 5.32 Å². The van der Waals surface area contributed by atoms with Gasteiger partial charge in [-0.25, -0.2) is 0 Å². The predicted octanol–water partition coefficient (Wildman–Crippen LogP) is 2.88. The third-order valence-corrected chi connectivity index (χ3v) is 3.77. The molecular formula is C15H19N3O2. The second-order valence-electron chi connectivity index (χ2n) is 5.21. The Morgan fingerprint density at radius 2 is 2.15 bits per heavy atom. The summed E-state index contributed by atoms with van der Waals surface area (Å²) < 4.78 is 10.6. The molecule has 2 heterocycles. The highest BCUT2D eigenvalue weighted by Crippen LogP contribution is 2.25. The van der Waals surface area contributed by atoms with E-state index >= 15 is 0 Å². The number of anilines is 1. The van der Waals surface area contributed by atoms with Gasteiger partial charge in [-0.15, -0.1) is 10.2 Å². The Balaban J connectivity index is 1.70. The second-order valence-corrected chi connectivity index (χ2v) is 5.21. The molecule has 0 aliphatic carbocycles. The Morgan fingerprint density at radius 3 is 2.90 bits per heavy atom. The molecule has 1 fully saturated rings. The van der Waals surface area contributed by atoms with Gasteiger partial charge >= 0.3 is 0 Å². The van der Waals surface area contributed by atoms with Crippen molar-refractivity contribution in [1.29, 1.82) is 0 Å². The molecule has 1 aromatic carbocycles. The van der Waals surface area contributed by atoms with Gasteiger partial charge in [-0.3, -0.25) is 0 Å². The van der Waals surface area contributed by atoms with Gasteiger partial charge in [0.2, 0.25) is 12.3 Å². The number of hydrogen-bond acceptors (Lipinski definition) is 5. The molecule has 3 rings (SSSR count). The predicted molar refractivity (Wildman–Crippen MR) is 76.5 cm³/mol. The molecule has 1 aromatic heterocycles. The van der Waals surface area contributed by atoms with Crippen molar-refractivity contribution in [2.24, 2.45) is 5.92 Å². The highest BCUT2D eigenvalue weighted by atomic mass is 16.5. The Hall–Kier alpha value is -1.88. The zero-order valence-electron chi connectivity index (χ0n) is 11.6. The Bertz CT molecular complexity index is 548. The summed E-state index contributed by atoms with van der Waals surface area (Å²) in [6.07, 6.45) is 3.62. The fourth-order valence-electron chi connectivity index (χ4n) is 2.45. The molecule has 0 unspecified atom stereocenters. The van der Waals surface area contributed by atoms with Crippen LogP contribution in [0, 0.1) is 12.8 Å². The number of nitrogens with one attached hydrogen (secondary N) is 1. The molecule has 1 N–H and O–H groups in total. The van der Waals surface area contributed by atoms with Gasteiger partial charge < -0.3 is 14.5 Å². The third kappa shape index (κ3) is 2.99. The lowest BCUT2D eigenvalue weighted by atomic mass is 10.00. The number of nitrogens with zero attached hydrogens (tertiary/aromatic N) is 2. The molecule has 1 aliphatic rings. The van der Waals surface area contributed by atoms with Crippen LogP contribution in [-0.2, 0) is 4.74 Å². The average molecular weight is 273 g/mol. The van der Waals surface area contributed by atoms with Crippen LogP contribution in [0.15, 0.2) is 29.0 Å². The van der Waals surface area contributed by atoms with E-state index in [0.717, 1.165) is 43.9 Å². The van der Waals surface area contributed by atoms with Gasteiger partial charge in [-0.05, 0) is 43.4 Å². The van der Waals surface area contributed by atoms with Gasteiger partial charge in [0.1, 0.15) is 0 Å². The van der Waals surface area contributed by atoms with Gasteiger partial charge in [-0.1, -0.05) is 6.07 Å². The van der Waals surface area contributed by atoms with E-state index in [2.05, 4.69) is 34.6 Å². The van der Waals surface area contributed by atoms with E-state index in [1.807, 2.05) is 6.07 Å². The first kappa shape index (κ1) is 13.1. The summed E-state index contributed by atoms with van der Waals surface area (Å²) in [6, 6.07) is 6.15. The quantitative estimate of drug-likeness (QED) is 0.928. The van der Waals surface area contributed by atoms with Crippen LogP contribution in [0.1, 0.15) is 18.4 Å². The molecule has 0 saturated carbocycles. The molecule has 1 saturated heterocycles. The molecule has 20 heavy (non-hydrogen) atoms. The number of hydrogen-bond donors (Lipinski definition) is 1. The fourth-order valence-corrected chi connectivity index (χ4v) is 2.45. The monoisotopic (exact) mass is 273 g/mol. The number of aromatic nitrogens is 2. The van der Waals surface area contributed by atoms with Crippen molar-refractivity contribution in [3.8, 4) is 11.5 Å². The minimum Gasteiger partial charge on any atom is -0.423 e. The number of aryl methyl sites for hydroxylation is 1. The minimum absolute atomic E-state index is 0.555. The SMILES string of the molecule is Cc1ccc(-c2nnco2)cc1NCC1CCOCC1. The van der Waals surface area contributed by atoms with E-state index < -0.39 is 0 Å². The van der Waals surface area contributed by atoms with Crippen LogP contribution in [-0.4, -0.2) is 30.0 Å². The number of ether oxygens (including phenoxy) is 1. The number of benzene rings is 1. The minimum atomic E-state index is 0.555. The topological polar surface area (TPSA) is 60.2 Å². The first-order valence-electron chi connectivity index (χ1n) is 7.02. The molecule has 0 radical (unpaired) electrons.